The van der Waals surface area contributed by atoms with Crippen molar-refractivity contribution >= 4 is 21.6 Å². The molecule has 0 spiro atoms. The molecule has 2 rings (SSSR count). The fraction of sp³-hybridized carbons (Fsp3) is 0. The number of nitrogens with two attached hydrogens (primary N) is 1. The Balaban J connectivity index is 2.34. The second kappa shape index (κ2) is 5.07. The van der Waals surface area contributed by atoms with Gasteiger partial charge in [-0.15, -0.1) is 0 Å². The molecule has 0 saturated heterocycles. The summed E-state index contributed by atoms with van der Waals surface area (Å²) in [6.45, 7) is 0. The van der Waals surface area contributed by atoms with Crippen LogP contribution in [0.25, 0.3) is 0 Å². The Morgan fingerprint density at radius 2 is 2.00 bits per heavy atom. The normalized spacial score (nSPS) is 9.83. The predicted molar refractivity (Wildman–Crippen MR) is 69.7 cm³/mol. The summed E-state index contributed by atoms with van der Waals surface area (Å²) in [6, 6.07) is 11.0. The fourth-order valence-corrected chi connectivity index (χ4v) is 1.75. The van der Waals surface area contributed by atoms with E-state index in [9.17, 15) is 4.39 Å². The van der Waals surface area contributed by atoms with Crippen LogP contribution in [0.1, 0.15) is 5.56 Å². The molecule has 0 radical (unpaired) electrons. The summed E-state index contributed by atoms with van der Waals surface area (Å²) in [5.74, 6) is 0.440. The van der Waals surface area contributed by atoms with Crippen molar-refractivity contribution in [3.05, 3.63) is 52.3 Å². The van der Waals surface area contributed by atoms with Gasteiger partial charge in [0.05, 0.1) is 10.0 Å². The zero-order valence-corrected chi connectivity index (χ0v) is 10.7. The smallest absolute Gasteiger partial charge is 0.145 e. The van der Waals surface area contributed by atoms with E-state index in [0.717, 1.165) is 0 Å². The molecule has 0 atom stereocenters. The first-order valence-corrected chi connectivity index (χ1v) is 5.82. The maximum Gasteiger partial charge on any atom is 0.145 e. The fourth-order valence-electron chi connectivity index (χ4n) is 1.39. The number of rotatable bonds is 2. The Morgan fingerprint density at radius 3 is 2.67 bits per heavy atom. The molecule has 0 unspecified atom stereocenters. The molecule has 90 valence electrons. The van der Waals surface area contributed by atoms with Crippen LogP contribution in [-0.2, 0) is 0 Å². The van der Waals surface area contributed by atoms with E-state index >= 15 is 0 Å². The number of hydrogen-bond acceptors (Lipinski definition) is 3. The molecule has 2 aromatic rings. The first kappa shape index (κ1) is 12.4. The van der Waals surface area contributed by atoms with E-state index in [1.165, 1.54) is 24.3 Å². The second-order valence-electron chi connectivity index (χ2n) is 3.55. The average molecular weight is 307 g/mol. The number of hydrogen-bond donors (Lipinski definition) is 1. The monoisotopic (exact) mass is 306 g/mol. The van der Waals surface area contributed by atoms with E-state index in [4.69, 9.17) is 15.7 Å². The van der Waals surface area contributed by atoms with Gasteiger partial charge in [0, 0.05) is 5.69 Å². The van der Waals surface area contributed by atoms with Gasteiger partial charge in [0.15, 0.2) is 0 Å². The molecule has 2 aromatic carbocycles. The topological polar surface area (TPSA) is 59.0 Å². The van der Waals surface area contributed by atoms with Gasteiger partial charge < -0.3 is 10.5 Å². The van der Waals surface area contributed by atoms with E-state index in [2.05, 4.69) is 15.9 Å². The predicted octanol–water partition coefficient (Wildman–Crippen LogP) is 3.83. The van der Waals surface area contributed by atoms with E-state index < -0.39 is 0 Å². The van der Waals surface area contributed by atoms with Gasteiger partial charge in [-0.3, -0.25) is 0 Å². The van der Waals surface area contributed by atoms with E-state index in [1.807, 2.05) is 6.07 Å². The summed E-state index contributed by atoms with van der Waals surface area (Å²) in [5.41, 5.74) is 6.39. The lowest BCUT2D eigenvalue weighted by Gasteiger charge is -2.08. The highest BCUT2D eigenvalue weighted by molar-refractivity contribution is 9.10. The van der Waals surface area contributed by atoms with E-state index in [-0.39, 0.29) is 5.82 Å². The highest BCUT2D eigenvalue weighted by Crippen LogP contribution is 2.29. The minimum Gasteiger partial charge on any atom is -0.456 e. The highest BCUT2D eigenvalue weighted by Gasteiger charge is 2.07. The zero-order chi connectivity index (χ0) is 13.1. The van der Waals surface area contributed by atoms with Crippen molar-refractivity contribution in [1.82, 2.24) is 0 Å². The molecule has 5 heteroatoms. The third-order valence-electron chi connectivity index (χ3n) is 2.24. The summed E-state index contributed by atoms with van der Waals surface area (Å²) in [7, 11) is 0. The van der Waals surface area contributed by atoms with Crippen LogP contribution in [0.15, 0.2) is 40.9 Å². The maximum absolute atomic E-state index is 13.1. The van der Waals surface area contributed by atoms with Gasteiger partial charge in [0.2, 0.25) is 0 Å². The van der Waals surface area contributed by atoms with Crippen molar-refractivity contribution in [2.24, 2.45) is 0 Å². The molecule has 0 saturated carbocycles. The Hall–Kier alpha value is -2.06. The Kier molecular flexibility index (Phi) is 3.49. The van der Waals surface area contributed by atoms with Crippen molar-refractivity contribution in [3.63, 3.8) is 0 Å². The van der Waals surface area contributed by atoms with Crippen LogP contribution in [0.3, 0.4) is 0 Å². The molecule has 18 heavy (non-hydrogen) atoms. The Labute approximate surface area is 112 Å². The van der Waals surface area contributed by atoms with E-state index in [1.54, 1.807) is 12.1 Å². The summed E-state index contributed by atoms with van der Waals surface area (Å²) in [4.78, 5) is 0. The number of halogens is 2. The molecule has 0 heterocycles. The van der Waals surface area contributed by atoms with Gasteiger partial charge in [-0.2, -0.15) is 5.26 Å². The summed E-state index contributed by atoms with van der Waals surface area (Å²) < 4.78 is 18.9. The first-order valence-electron chi connectivity index (χ1n) is 5.02. The third-order valence-corrected chi connectivity index (χ3v) is 2.85. The van der Waals surface area contributed by atoms with Crippen LogP contribution in [0.4, 0.5) is 10.1 Å². The van der Waals surface area contributed by atoms with Crippen LogP contribution < -0.4 is 10.5 Å². The SMILES string of the molecule is N#Cc1cc(N)ccc1Oc1ccc(F)c(Br)c1. The maximum atomic E-state index is 13.1. The second-order valence-corrected chi connectivity index (χ2v) is 4.40. The van der Waals surface area contributed by atoms with Crippen molar-refractivity contribution < 1.29 is 9.13 Å². The Bertz CT molecular complexity index is 637. The van der Waals surface area contributed by atoms with Gasteiger partial charge >= 0.3 is 0 Å². The van der Waals surface area contributed by atoms with Crippen molar-refractivity contribution in [3.8, 4) is 17.6 Å². The van der Waals surface area contributed by atoms with Gasteiger partial charge in [0.1, 0.15) is 23.4 Å². The van der Waals surface area contributed by atoms with E-state index in [0.29, 0.717) is 27.2 Å². The summed E-state index contributed by atoms with van der Waals surface area (Å²) in [6.07, 6.45) is 0. The standard InChI is InChI=1S/C13H8BrFN2O/c14-11-6-10(2-3-12(11)15)18-13-4-1-9(17)5-8(13)7-16/h1-6H,17H2. The van der Waals surface area contributed by atoms with Crippen molar-refractivity contribution in [1.29, 1.82) is 5.26 Å². The summed E-state index contributed by atoms with van der Waals surface area (Å²) in [5, 5.41) is 8.96. The molecule has 0 aliphatic heterocycles. The van der Waals surface area contributed by atoms with Crippen LogP contribution in [-0.4, -0.2) is 0 Å². The lowest BCUT2D eigenvalue weighted by molar-refractivity contribution is 0.478. The van der Waals surface area contributed by atoms with Crippen LogP contribution in [0.5, 0.6) is 11.5 Å². The minimum atomic E-state index is -0.375. The number of ether oxygens (including phenoxy) is 1. The first-order chi connectivity index (χ1) is 8.60. The van der Waals surface area contributed by atoms with Gasteiger partial charge in [-0.1, -0.05) is 0 Å². The van der Waals surface area contributed by atoms with Gasteiger partial charge in [0.25, 0.3) is 0 Å². The third kappa shape index (κ3) is 2.60. The minimum absolute atomic E-state index is 0.300. The number of nitrogens with zero attached hydrogens (tertiary/aromatic N) is 1. The molecule has 0 bridgehead atoms. The molecular formula is C13H8BrFN2O. The van der Waals surface area contributed by atoms with Crippen LogP contribution in [0.2, 0.25) is 0 Å². The lowest BCUT2D eigenvalue weighted by atomic mass is 10.2. The largest absolute Gasteiger partial charge is 0.456 e. The molecule has 0 fully saturated rings. The van der Waals surface area contributed by atoms with Crippen LogP contribution in [0, 0.1) is 17.1 Å². The molecule has 2 N–H and O–H groups in total. The van der Waals surface area contributed by atoms with Gasteiger partial charge in [-0.25, -0.2) is 4.39 Å². The number of nitrogen functional groups attached to an aromatic ring is 1. The molecule has 0 aliphatic rings. The number of anilines is 1. The summed E-state index contributed by atoms with van der Waals surface area (Å²) >= 11 is 3.07. The lowest BCUT2D eigenvalue weighted by Crippen LogP contribution is -1.91. The van der Waals surface area contributed by atoms with Crippen molar-refractivity contribution in [2.75, 3.05) is 5.73 Å². The highest BCUT2D eigenvalue weighted by atomic mass is 79.9. The Morgan fingerprint density at radius 1 is 1.22 bits per heavy atom. The molecule has 0 aromatic heterocycles. The number of benzene rings is 2. The molecule has 0 amide bonds. The quantitative estimate of drug-likeness (QED) is 0.858. The molecule has 3 nitrogen and oxygen atoms in total. The van der Waals surface area contributed by atoms with Gasteiger partial charge in [-0.05, 0) is 52.3 Å². The molecule has 0 aliphatic carbocycles. The molecular weight excluding hydrogens is 299 g/mol. The van der Waals surface area contributed by atoms with Crippen molar-refractivity contribution in [2.45, 2.75) is 0 Å². The number of nitriles is 1. The zero-order valence-electron chi connectivity index (χ0n) is 9.15. The average Bonchev–Trinajstić information content (AvgIpc) is 2.36. The van der Waals surface area contributed by atoms with Crippen LogP contribution >= 0.6 is 15.9 Å².